The molecule has 17 heavy (non-hydrogen) atoms. The van der Waals surface area contributed by atoms with Crippen molar-refractivity contribution < 1.29 is 10.0 Å². The van der Waals surface area contributed by atoms with Crippen molar-refractivity contribution in [3.8, 4) is 0 Å². The summed E-state index contributed by atoms with van der Waals surface area (Å²) in [4.78, 5) is 14.5. The zero-order valence-electron chi connectivity index (χ0n) is 8.68. The van der Waals surface area contributed by atoms with Gasteiger partial charge in [0.1, 0.15) is 5.69 Å². The highest BCUT2D eigenvalue weighted by Gasteiger charge is 2.09. The second kappa shape index (κ2) is 5.22. The van der Waals surface area contributed by atoms with Crippen molar-refractivity contribution in [3.05, 3.63) is 36.0 Å². The zero-order valence-corrected chi connectivity index (χ0v) is 9.49. The predicted molar refractivity (Wildman–Crippen MR) is 66.4 cm³/mol. The number of amides is 1. The second-order valence-corrected chi connectivity index (χ2v) is 3.21. The number of hydrogen-bond donors (Lipinski definition) is 4. The standard InChI is InChI=1S/C10H10N4O2.ClH/c11-10(14-16)13-9(15)8-5-6-3-1-2-4-7(6)12-8;/h1-5,12,16H,(H3,11,13,14,15);1H. The van der Waals surface area contributed by atoms with Gasteiger partial charge in [0, 0.05) is 10.9 Å². The number of rotatable bonds is 1. The number of nitrogens with one attached hydrogen (secondary N) is 2. The summed E-state index contributed by atoms with van der Waals surface area (Å²) < 4.78 is 0. The number of aromatic nitrogens is 1. The van der Waals surface area contributed by atoms with E-state index in [1.54, 1.807) is 6.07 Å². The van der Waals surface area contributed by atoms with Gasteiger partial charge in [0.2, 0.25) is 5.96 Å². The third kappa shape index (κ3) is 2.67. The molecule has 0 aliphatic carbocycles. The quantitative estimate of drug-likeness (QED) is 0.264. The summed E-state index contributed by atoms with van der Waals surface area (Å²) in [6, 6.07) is 9.17. The minimum atomic E-state index is -0.452. The summed E-state index contributed by atoms with van der Waals surface area (Å²) in [5.74, 6) is -0.796. The van der Waals surface area contributed by atoms with E-state index in [2.05, 4.69) is 15.5 Å². The first-order valence-electron chi connectivity index (χ1n) is 4.57. The summed E-state index contributed by atoms with van der Waals surface area (Å²) in [6.07, 6.45) is 0. The Kier molecular flexibility index (Phi) is 3.95. The fourth-order valence-electron chi connectivity index (χ4n) is 1.40. The Morgan fingerprint density at radius 3 is 2.76 bits per heavy atom. The van der Waals surface area contributed by atoms with Crippen molar-refractivity contribution in [1.29, 1.82) is 0 Å². The highest BCUT2D eigenvalue weighted by Crippen LogP contribution is 2.14. The maximum Gasteiger partial charge on any atom is 0.274 e. The van der Waals surface area contributed by atoms with Crippen LogP contribution in [-0.2, 0) is 0 Å². The number of nitrogens with two attached hydrogens (primary N) is 1. The molecule has 0 saturated carbocycles. The number of carbonyl (C=O) groups is 1. The van der Waals surface area contributed by atoms with Crippen molar-refractivity contribution in [2.75, 3.05) is 0 Å². The van der Waals surface area contributed by atoms with E-state index in [4.69, 9.17) is 10.9 Å². The topological polar surface area (TPSA) is 104 Å². The van der Waals surface area contributed by atoms with E-state index in [-0.39, 0.29) is 18.4 Å². The molecule has 7 heteroatoms. The number of benzene rings is 1. The van der Waals surface area contributed by atoms with E-state index in [9.17, 15) is 4.79 Å². The molecule has 1 amide bonds. The molecular weight excluding hydrogens is 244 g/mol. The number of hydrogen-bond acceptors (Lipinski definition) is 3. The number of guanidine groups is 1. The van der Waals surface area contributed by atoms with Crippen LogP contribution in [0.5, 0.6) is 0 Å². The highest BCUT2D eigenvalue weighted by molar-refractivity contribution is 6.06. The third-order valence-electron chi connectivity index (χ3n) is 2.12. The van der Waals surface area contributed by atoms with Crippen LogP contribution in [0.4, 0.5) is 0 Å². The van der Waals surface area contributed by atoms with Gasteiger partial charge in [-0.05, 0) is 12.1 Å². The van der Waals surface area contributed by atoms with Gasteiger partial charge in [-0.25, -0.2) is 0 Å². The number of fused-ring (bicyclic) bond motifs is 1. The van der Waals surface area contributed by atoms with Crippen LogP contribution in [0.2, 0.25) is 0 Å². The average Bonchev–Trinajstić information content (AvgIpc) is 2.72. The summed E-state index contributed by atoms with van der Waals surface area (Å²) in [5.41, 5.74) is 6.37. The summed E-state index contributed by atoms with van der Waals surface area (Å²) in [5, 5.41) is 14.1. The van der Waals surface area contributed by atoms with Gasteiger partial charge in [0.25, 0.3) is 5.91 Å². The van der Waals surface area contributed by atoms with Crippen molar-refractivity contribution in [1.82, 2.24) is 10.3 Å². The third-order valence-corrected chi connectivity index (χ3v) is 2.12. The molecule has 6 nitrogen and oxygen atoms in total. The Balaban J connectivity index is 0.00000144. The Morgan fingerprint density at radius 1 is 1.41 bits per heavy atom. The predicted octanol–water partition coefficient (Wildman–Crippen LogP) is 1.02. The first-order valence-corrected chi connectivity index (χ1v) is 4.57. The maximum atomic E-state index is 11.6. The Labute approximate surface area is 103 Å². The molecule has 0 unspecified atom stereocenters. The Morgan fingerprint density at radius 2 is 2.12 bits per heavy atom. The summed E-state index contributed by atoms with van der Waals surface area (Å²) >= 11 is 0. The number of H-pyrrole nitrogens is 1. The van der Waals surface area contributed by atoms with E-state index in [0.717, 1.165) is 10.9 Å². The minimum Gasteiger partial charge on any atom is -0.408 e. The minimum absolute atomic E-state index is 0. The smallest absolute Gasteiger partial charge is 0.274 e. The second-order valence-electron chi connectivity index (χ2n) is 3.21. The van der Waals surface area contributed by atoms with Crippen molar-refractivity contribution in [2.24, 2.45) is 10.9 Å². The first kappa shape index (κ1) is 12.9. The van der Waals surface area contributed by atoms with Gasteiger partial charge < -0.3 is 15.9 Å². The number of halogens is 1. The van der Waals surface area contributed by atoms with Gasteiger partial charge in [-0.3, -0.25) is 10.1 Å². The molecule has 0 saturated heterocycles. The first-order chi connectivity index (χ1) is 7.70. The molecule has 1 heterocycles. The van der Waals surface area contributed by atoms with Crippen LogP contribution in [0.1, 0.15) is 10.5 Å². The molecule has 2 rings (SSSR count). The Hall–Kier alpha value is -2.21. The van der Waals surface area contributed by atoms with E-state index in [0.29, 0.717) is 5.69 Å². The van der Waals surface area contributed by atoms with E-state index < -0.39 is 5.91 Å². The number of para-hydroxylation sites is 1. The molecule has 0 aliphatic rings. The lowest BCUT2D eigenvalue weighted by Crippen LogP contribution is -2.36. The van der Waals surface area contributed by atoms with Crippen LogP contribution in [0.3, 0.4) is 0 Å². The SMILES string of the molecule is Cl.N/C(=N\O)NC(=O)c1cc2ccccc2[nH]1. The van der Waals surface area contributed by atoms with Gasteiger partial charge >= 0.3 is 0 Å². The lowest BCUT2D eigenvalue weighted by Gasteiger charge is -1.99. The van der Waals surface area contributed by atoms with Gasteiger partial charge in [-0.1, -0.05) is 23.4 Å². The lowest BCUT2D eigenvalue weighted by molar-refractivity contribution is 0.0971. The van der Waals surface area contributed by atoms with Crippen molar-refractivity contribution in [2.45, 2.75) is 0 Å². The molecule has 0 fully saturated rings. The van der Waals surface area contributed by atoms with Crippen LogP contribution in [-0.4, -0.2) is 22.1 Å². The van der Waals surface area contributed by atoms with E-state index in [1.807, 2.05) is 24.3 Å². The van der Waals surface area contributed by atoms with Gasteiger partial charge in [0.15, 0.2) is 0 Å². The molecule has 0 spiro atoms. The number of oxime groups is 1. The van der Waals surface area contributed by atoms with E-state index in [1.165, 1.54) is 0 Å². The number of aromatic amines is 1. The molecule has 90 valence electrons. The van der Waals surface area contributed by atoms with Crippen LogP contribution in [0, 0.1) is 0 Å². The lowest BCUT2D eigenvalue weighted by atomic mass is 10.2. The van der Waals surface area contributed by atoms with Crippen molar-refractivity contribution >= 4 is 35.2 Å². The van der Waals surface area contributed by atoms with Crippen LogP contribution in [0.15, 0.2) is 35.5 Å². The van der Waals surface area contributed by atoms with Crippen LogP contribution >= 0.6 is 12.4 Å². The number of carbonyl (C=O) groups excluding carboxylic acids is 1. The average molecular weight is 255 g/mol. The molecule has 1 aromatic heterocycles. The molecule has 0 atom stereocenters. The molecule has 0 aliphatic heterocycles. The molecule has 0 bridgehead atoms. The summed E-state index contributed by atoms with van der Waals surface area (Å²) in [6.45, 7) is 0. The van der Waals surface area contributed by atoms with Crippen LogP contribution in [0.25, 0.3) is 10.9 Å². The molecule has 0 radical (unpaired) electrons. The van der Waals surface area contributed by atoms with Gasteiger partial charge in [0.05, 0.1) is 0 Å². The maximum absolute atomic E-state index is 11.6. The van der Waals surface area contributed by atoms with Crippen molar-refractivity contribution in [3.63, 3.8) is 0 Å². The summed E-state index contributed by atoms with van der Waals surface area (Å²) in [7, 11) is 0. The largest absolute Gasteiger partial charge is 0.408 e. The van der Waals surface area contributed by atoms with Gasteiger partial charge in [-0.15, -0.1) is 12.4 Å². The zero-order chi connectivity index (χ0) is 11.5. The molecule has 2 aromatic rings. The van der Waals surface area contributed by atoms with E-state index >= 15 is 0 Å². The fraction of sp³-hybridized carbons (Fsp3) is 0. The molecule has 5 N–H and O–H groups in total. The van der Waals surface area contributed by atoms with Gasteiger partial charge in [-0.2, -0.15) is 0 Å². The Bertz CT molecular complexity index is 531. The monoisotopic (exact) mass is 254 g/mol. The highest BCUT2D eigenvalue weighted by atomic mass is 35.5. The molecule has 1 aromatic carbocycles. The fourth-order valence-corrected chi connectivity index (χ4v) is 1.40. The normalized spacial score (nSPS) is 10.9. The number of nitrogens with zero attached hydrogens (tertiary/aromatic N) is 1. The molecular formula is C10H11ClN4O2. The van der Waals surface area contributed by atoms with Crippen LogP contribution < -0.4 is 11.1 Å².